The average Bonchev–Trinajstić information content (AvgIpc) is 2.99. The Morgan fingerprint density at radius 3 is 2.74 bits per heavy atom. The minimum absolute atomic E-state index is 0.159. The van der Waals surface area contributed by atoms with E-state index in [4.69, 9.17) is 16.1 Å². The second-order valence-electron chi connectivity index (χ2n) is 5.21. The zero-order valence-corrected chi connectivity index (χ0v) is 13.3. The molecule has 0 bridgehead atoms. The third-order valence-electron chi connectivity index (χ3n) is 3.45. The fraction of sp³-hybridized carbons (Fsp3) is 0.250. The van der Waals surface area contributed by atoms with Crippen LogP contribution in [-0.4, -0.2) is 19.9 Å². The first-order valence-electron chi connectivity index (χ1n) is 7.20. The Morgan fingerprint density at radius 2 is 1.96 bits per heavy atom. The second-order valence-corrected chi connectivity index (χ2v) is 5.64. The third kappa shape index (κ3) is 3.84. The van der Waals surface area contributed by atoms with E-state index in [0.717, 1.165) is 12.0 Å². The lowest BCUT2D eigenvalue weighted by Crippen LogP contribution is -2.24. The molecule has 1 aromatic carbocycles. The van der Waals surface area contributed by atoms with E-state index in [-0.39, 0.29) is 12.1 Å². The summed E-state index contributed by atoms with van der Waals surface area (Å²) in [5.41, 5.74) is 1.62. The molecule has 3 rings (SSSR count). The Labute approximate surface area is 137 Å². The highest BCUT2D eigenvalue weighted by Crippen LogP contribution is 2.11. The highest BCUT2D eigenvalue weighted by atomic mass is 35.5. The summed E-state index contributed by atoms with van der Waals surface area (Å²) in [5.74, 6) is 0.979. The Morgan fingerprint density at radius 1 is 1.17 bits per heavy atom. The maximum Gasteiger partial charge on any atom is 0.270 e. The molecule has 6 nitrogen and oxygen atoms in total. The van der Waals surface area contributed by atoms with Crippen LogP contribution in [0.2, 0.25) is 5.02 Å². The van der Waals surface area contributed by atoms with Crippen molar-refractivity contribution in [2.75, 3.05) is 0 Å². The molecule has 0 amide bonds. The molecule has 0 fully saturated rings. The fourth-order valence-corrected chi connectivity index (χ4v) is 2.28. The van der Waals surface area contributed by atoms with Gasteiger partial charge in [0.15, 0.2) is 5.82 Å². The van der Waals surface area contributed by atoms with E-state index >= 15 is 0 Å². The van der Waals surface area contributed by atoms with Crippen molar-refractivity contribution in [1.29, 1.82) is 0 Å². The molecule has 0 aliphatic heterocycles. The molecule has 0 aliphatic rings. The van der Waals surface area contributed by atoms with Crippen molar-refractivity contribution in [2.24, 2.45) is 0 Å². The van der Waals surface area contributed by atoms with Crippen LogP contribution in [0.3, 0.4) is 0 Å². The predicted octanol–water partition coefficient (Wildman–Crippen LogP) is 2.42. The molecule has 0 saturated heterocycles. The number of benzene rings is 1. The fourth-order valence-electron chi connectivity index (χ4n) is 2.16. The Bertz CT molecular complexity index is 855. The van der Waals surface area contributed by atoms with Crippen molar-refractivity contribution in [3.8, 4) is 0 Å². The monoisotopic (exact) mass is 330 g/mol. The number of halogens is 1. The number of aryl methyl sites for hydroxylation is 3. The summed E-state index contributed by atoms with van der Waals surface area (Å²) in [6, 6.07) is 9.33. The van der Waals surface area contributed by atoms with Crippen molar-refractivity contribution in [3.05, 3.63) is 74.7 Å². The van der Waals surface area contributed by atoms with Crippen LogP contribution in [-0.2, 0) is 19.4 Å². The number of rotatable bonds is 5. The van der Waals surface area contributed by atoms with Gasteiger partial charge in [0.2, 0.25) is 5.89 Å². The minimum atomic E-state index is -0.159. The molecule has 0 aliphatic carbocycles. The van der Waals surface area contributed by atoms with Crippen LogP contribution in [0.1, 0.15) is 22.8 Å². The van der Waals surface area contributed by atoms with Crippen LogP contribution >= 0.6 is 11.6 Å². The summed E-state index contributed by atoms with van der Waals surface area (Å²) in [6.07, 6.45) is 3.02. The summed E-state index contributed by atoms with van der Waals surface area (Å²) < 4.78 is 6.50. The number of hydrogen-bond acceptors (Lipinski definition) is 5. The molecular formula is C16H15ClN4O2. The van der Waals surface area contributed by atoms with Crippen LogP contribution in [0, 0.1) is 6.92 Å². The van der Waals surface area contributed by atoms with Gasteiger partial charge in [0.1, 0.15) is 6.54 Å². The summed E-state index contributed by atoms with van der Waals surface area (Å²) in [6.45, 7) is 1.92. The van der Waals surface area contributed by atoms with E-state index in [1.165, 1.54) is 4.68 Å². The zero-order valence-electron chi connectivity index (χ0n) is 12.6. The van der Waals surface area contributed by atoms with Crippen LogP contribution in [0.4, 0.5) is 0 Å². The van der Waals surface area contributed by atoms with Crippen molar-refractivity contribution < 1.29 is 4.52 Å². The molecule has 3 aromatic rings. The highest BCUT2D eigenvalue weighted by Gasteiger charge is 2.09. The summed E-state index contributed by atoms with van der Waals surface area (Å²) in [5, 5.41) is 8.67. The van der Waals surface area contributed by atoms with Gasteiger partial charge in [0, 0.05) is 23.2 Å². The molecule has 0 saturated carbocycles. The Hall–Kier alpha value is -2.47. The standard InChI is InChI=1S/C16H15ClN4O2/c1-11-8-9-18-21(16(11)22)10-15-19-14(20-23-15)7-4-12-2-5-13(17)6-3-12/h2-3,5-6,8-9H,4,7,10H2,1H3. The summed E-state index contributed by atoms with van der Waals surface area (Å²) in [7, 11) is 0. The molecule has 118 valence electrons. The molecular weight excluding hydrogens is 316 g/mol. The maximum absolute atomic E-state index is 11.9. The maximum atomic E-state index is 11.9. The largest absolute Gasteiger partial charge is 0.337 e. The van der Waals surface area contributed by atoms with E-state index in [1.807, 2.05) is 24.3 Å². The van der Waals surface area contributed by atoms with E-state index in [1.54, 1.807) is 19.2 Å². The summed E-state index contributed by atoms with van der Waals surface area (Å²) >= 11 is 5.86. The first kappa shape index (κ1) is 15.4. The van der Waals surface area contributed by atoms with E-state index < -0.39 is 0 Å². The molecule has 7 heteroatoms. The molecule has 0 N–H and O–H groups in total. The lowest BCUT2D eigenvalue weighted by molar-refractivity contribution is 0.358. The molecule has 2 heterocycles. The van der Waals surface area contributed by atoms with E-state index in [0.29, 0.717) is 28.7 Å². The first-order valence-corrected chi connectivity index (χ1v) is 7.58. The molecule has 0 radical (unpaired) electrons. The summed E-state index contributed by atoms with van der Waals surface area (Å²) in [4.78, 5) is 16.2. The van der Waals surface area contributed by atoms with Crippen LogP contribution < -0.4 is 5.56 Å². The van der Waals surface area contributed by atoms with Gasteiger partial charge < -0.3 is 4.52 Å². The molecule has 0 atom stereocenters. The topological polar surface area (TPSA) is 73.8 Å². The van der Waals surface area contributed by atoms with Gasteiger partial charge in [-0.3, -0.25) is 4.79 Å². The van der Waals surface area contributed by atoms with Gasteiger partial charge in [-0.05, 0) is 37.1 Å². The zero-order chi connectivity index (χ0) is 16.2. The van der Waals surface area contributed by atoms with Crippen LogP contribution in [0.15, 0.2) is 45.8 Å². The van der Waals surface area contributed by atoms with E-state index in [9.17, 15) is 4.79 Å². The molecule has 2 aromatic heterocycles. The second kappa shape index (κ2) is 6.75. The molecule has 0 spiro atoms. The number of nitrogens with zero attached hydrogens (tertiary/aromatic N) is 4. The normalized spacial score (nSPS) is 10.9. The smallest absolute Gasteiger partial charge is 0.270 e. The predicted molar refractivity (Wildman–Crippen MR) is 85.5 cm³/mol. The minimum Gasteiger partial charge on any atom is -0.337 e. The highest BCUT2D eigenvalue weighted by molar-refractivity contribution is 6.30. The van der Waals surface area contributed by atoms with Gasteiger partial charge in [0.05, 0.1) is 0 Å². The van der Waals surface area contributed by atoms with Crippen molar-refractivity contribution in [1.82, 2.24) is 19.9 Å². The van der Waals surface area contributed by atoms with Crippen molar-refractivity contribution in [2.45, 2.75) is 26.3 Å². The quantitative estimate of drug-likeness (QED) is 0.718. The van der Waals surface area contributed by atoms with E-state index in [2.05, 4.69) is 15.2 Å². The third-order valence-corrected chi connectivity index (χ3v) is 3.70. The Kier molecular flexibility index (Phi) is 4.52. The lowest BCUT2D eigenvalue weighted by Gasteiger charge is -2.00. The van der Waals surface area contributed by atoms with Gasteiger partial charge >= 0.3 is 0 Å². The first-order chi connectivity index (χ1) is 11.1. The van der Waals surface area contributed by atoms with Crippen LogP contribution in [0.25, 0.3) is 0 Å². The van der Waals surface area contributed by atoms with Gasteiger partial charge in [-0.25, -0.2) is 4.68 Å². The van der Waals surface area contributed by atoms with Gasteiger partial charge in [-0.1, -0.05) is 28.9 Å². The van der Waals surface area contributed by atoms with Crippen molar-refractivity contribution in [3.63, 3.8) is 0 Å². The molecule has 23 heavy (non-hydrogen) atoms. The Balaban J connectivity index is 1.65. The lowest BCUT2D eigenvalue weighted by atomic mass is 10.1. The SMILES string of the molecule is Cc1ccnn(Cc2nc(CCc3ccc(Cl)cc3)no2)c1=O. The number of aromatic nitrogens is 4. The average molecular weight is 331 g/mol. The van der Waals surface area contributed by atoms with Gasteiger partial charge in [-0.15, -0.1) is 0 Å². The van der Waals surface area contributed by atoms with Crippen LogP contribution in [0.5, 0.6) is 0 Å². The number of hydrogen-bond donors (Lipinski definition) is 0. The van der Waals surface area contributed by atoms with Gasteiger partial charge in [-0.2, -0.15) is 10.1 Å². The van der Waals surface area contributed by atoms with Gasteiger partial charge in [0.25, 0.3) is 5.56 Å². The molecule has 0 unspecified atom stereocenters. The van der Waals surface area contributed by atoms with Crippen molar-refractivity contribution >= 4 is 11.6 Å².